The first kappa shape index (κ1) is 28.2. The lowest BCUT2D eigenvalue weighted by Gasteiger charge is -2.32. The lowest BCUT2D eigenvalue weighted by Crippen LogP contribution is -2.52. The number of nitrogens with one attached hydrogen (secondary N) is 1. The van der Waals surface area contributed by atoms with Gasteiger partial charge in [-0.15, -0.1) is 0 Å². The van der Waals surface area contributed by atoms with Crippen LogP contribution in [0.3, 0.4) is 0 Å². The van der Waals surface area contributed by atoms with Gasteiger partial charge in [0.15, 0.2) is 0 Å². The number of amides is 2. The van der Waals surface area contributed by atoms with Gasteiger partial charge in [-0.3, -0.25) is 13.9 Å². The highest BCUT2D eigenvalue weighted by molar-refractivity contribution is 7.92. The SMILES string of the molecule is CC[C@@H](C)NC(=O)[C@H](C)N(Cc1ccccc1Cl)C(=O)CN(c1ccc(Cl)c(Cl)c1)S(C)(=O)=O. The van der Waals surface area contributed by atoms with E-state index in [0.29, 0.717) is 10.6 Å². The number of anilines is 1. The number of carbonyl (C=O) groups excluding carboxylic acids is 2. The normalized spacial score (nSPS) is 13.1. The minimum absolute atomic E-state index is 0.0204. The van der Waals surface area contributed by atoms with Gasteiger partial charge in [0, 0.05) is 17.6 Å². The third-order valence-electron chi connectivity index (χ3n) is 5.34. The van der Waals surface area contributed by atoms with E-state index in [9.17, 15) is 18.0 Å². The van der Waals surface area contributed by atoms with Crippen LogP contribution in [0.4, 0.5) is 5.69 Å². The first-order valence-electron chi connectivity index (χ1n) is 10.6. The highest BCUT2D eigenvalue weighted by Gasteiger charge is 2.31. The first-order chi connectivity index (χ1) is 15.8. The predicted molar refractivity (Wildman–Crippen MR) is 138 cm³/mol. The Bertz CT molecular complexity index is 1140. The molecular formula is C23H28Cl3N3O4S. The minimum Gasteiger partial charge on any atom is -0.352 e. The van der Waals surface area contributed by atoms with Gasteiger partial charge >= 0.3 is 0 Å². The van der Waals surface area contributed by atoms with Crippen LogP contribution in [0.5, 0.6) is 0 Å². The lowest BCUT2D eigenvalue weighted by molar-refractivity contribution is -0.139. The topological polar surface area (TPSA) is 86.8 Å². The van der Waals surface area contributed by atoms with Crippen LogP contribution in [0.15, 0.2) is 42.5 Å². The average Bonchev–Trinajstić information content (AvgIpc) is 2.77. The number of halogens is 3. The summed E-state index contributed by atoms with van der Waals surface area (Å²) in [5.74, 6) is -0.932. The molecule has 0 heterocycles. The van der Waals surface area contributed by atoms with Gasteiger partial charge in [-0.25, -0.2) is 8.42 Å². The third kappa shape index (κ3) is 7.50. The Morgan fingerprint density at radius 3 is 2.21 bits per heavy atom. The van der Waals surface area contributed by atoms with Crippen molar-refractivity contribution in [3.63, 3.8) is 0 Å². The quantitative estimate of drug-likeness (QED) is 0.464. The van der Waals surface area contributed by atoms with Crippen molar-refractivity contribution in [3.05, 3.63) is 63.1 Å². The maximum absolute atomic E-state index is 13.5. The highest BCUT2D eigenvalue weighted by atomic mass is 35.5. The van der Waals surface area contributed by atoms with Crippen LogP contribution in [0.2, 0.25) is 15.1 Å². The molecule has 186 valence electrons. The molecule has 2 aromatic rings. The van der Waals surface area contributed by atoms with Gasteiger partial charge < -0.3 is 10.2 Å². The van der Waals surface area contributed by atoms with Gasteiger partial charge in [-0.2, -0.15) is 0 Å². The number of sulfonamides is 1. The summed E-state index contributed by atoms with van der Waals surface area (Å²) < 4.78 is 26.1. The number of hydrogen-bond acceptors (Lipinski definition) is 4. The van der Waals surface area contributed by atoms with Crippen molar-refractivity contribution in [2.75, 3.05) is 17.1 Å². The summed E-state index contributed by atoms with van der Waals surface area (Å²) in [7, 11) is -3.87. The third-order valence-corrected chi connectivity index (χ3v) is 7.59. The van der Waals surface area contributed by atoms with Crippen LogP contribution in [-0.2, 0) is 26.2 Å². The molecule has 0 radical (unpaired) electrons. The van der Waals surface area contributed by atoms with E-state index >= 15 is 0 Å². The van der Waals surface area contributed by atoms with Crippen molar-refractivity contribution < 1.29 is 18.0 Å². The number of benzene rings is 2. The Kier molecular flexibility index (Phi) is 10.1. The second kappa shape index (κ2) is 12.1. The van der Waals surface area contributed by atoms with Gasteiger partial charge in [-0.1, -0.05) is 59.9 Å². The number of hydrogen-bond donors (Lipinski definition) is 1. The van der Waals surface area contributed by atoms with Crippen LogP contribution in [0, 0.1) is 0 Å². The summed E-state index contributed by atoms with van der Waals surface area (Å²) >= 11 is 18.3. The molecule has 0 aliphatic rings. The molecule has 0 unspecified atom stereocenters. The van der Waals surface area contributed by atoms with E-state index in [-0.39, 0.29) is 34.2 Å². The van der Waals surface area contributed by atoms with E-state index in [0.717, 1.165) is 17.0 Å². The van der Waals surface area contributed by atoms with Crippen molar-refractivity contribution >= 4 is 62.3 Å². The summed E-state index contributed by atoms with van der Waals surface area (Å²) in [5.41, 5.74) is 0.806. The summed E-state index contributed by atoms with van der Waals surface area (Å²) in [6.07, 6.45) is 1.70. The Balaban J connectivity index is 2.42. The summed E-state index contributed by atoms with van der Waals surface area (Å²) in [6, 6.07) is 10.3. The molecule has 0 fully saturated rings. The van der Waals surface area contributed by atoms with Gasteiger partial charge in [0.2, 0.25) is 21.8 Å². The smallest absolute Gasteiger partial charge is 0.244 e. The van der Waals surface area contributed by atoms with E-state index in [1.165, 1.54) is 23.1 Å². The highest BCUT2D eigenvalue weighted by Crippen LogP contribution is 2.29. The second-order valence-electron chi connectivity index (χ2n) is 7.97. The molecule has 0 saturated carbocycles. The van der Waals surface area contributed by atoms with Crippen LogP contribution < -0.4 is 9.62 Å². The maximum Gasteiger partial charge on any atom is 0.244 e. The number of carbonyl (C=O) groups is 2. The summed E-state index contributed by atoms with van der Waals surface area (Å²) in [4.78, 5) is 27.7. The van der Waals surface area contributed by atoms with Crippen molar-refractivity contribution in [3.8, 4) is 0 Å². The molecule has 7 nitrogen and oxygen atoms in total. The molecular weight excluding hydrogens is 521 g/mol. The van der Waals surface area contributed by atoms with Crippen LogP contribution in [0.25, 0.3) is 0 Å². The monoisotopic (exact) mass is 547 g/mol. The zero-order chi connectivity index (χ0) is 25.6. The standard InChI is InChI=1S/C23H28Cl3N3O4S/c1-5-15(2)27-23(31)16(3)28(13-17-8-6-7-9-19(17)24)22(30)14-29(34(4,32)33)18-10-11-20(25)21(26)12-18/h6-12,15-16H,5,13-14H2,1-4H3,(H,27,31)/t15-,16+/m1/s1. The Labute approximate surface area is 216 Å². The molecule has 1 N–H and O–H groups in total. The zero-order valence-electron chi connectivity index (χ0n) is 19.4. The van der Waals surface area contributed by atoms with Crippen LogP contribution >= 0.6 is 34.8 Å². The molecule has 11 heteroatoms. The Morgan fingerprint density at radius 2 is 1.65 bits per heavy atom. The number of nitrogens with zero attached hydrogens (tertiary/aromatic N) is 2. The molecule has 0 bridgehead atoms. The van der Waals surface area contributed by atoms with E-state index < -0.39 is 28.5 Å². The summed E-state index contributed by atoms with van der Waals surface area (Å²) in [5, 5.41) is 3.69. The molecule has 2 atom stereocenters. The van der Waals surface area contributed by atoms with Crippen molar-refractivity contribution in [2.45, 2.75) is 45.8 Å². The van der Waals surface area contributed by atoms with E-state index in [1.807, 2.05) is 13.8 Å². The van der Waals surface area contributed by atoms with Crippen molar-refractivity contribution in [2.24, 2.45) is 0 Å². The lowest BCUT2D eigenvalue weighted by atomic mass is 10.1. The zero-order valence-corrected chi connectivity index (χ0v) is 22.5. The maximum atomic E-state index is 13.5. The van der Waals surface area contributed by atoms with Gasteiger partial charge in [0.25, 0.3) is 0 Å². The molecule has 0 spiro atoms. The molecule has 0 aliphatic heterocycles. The number of rotatable bonds is 10. The van der Waals surface area contributed by atoms with Crippen LogP contribution in [0.1, 0.15) is 32.8 Å². The molecule has 2 amide bonds. The first-order valence-corrected chi connectivity index (χ1v) is 13.6. The molecule has 2 aromatic carbocycles. The van der Waals surface area contributed by atoms with E-state index in [2.05, 4.69) is 5.32 Å². The van der Waals surface area contributed by atoms with Crippen molar-refractivity contribution in [1.82, 2.24) is 10.2 Å². The Morgan fingerprint density at radius 1 is 1.00 bits per heavy atom. The molecule has 0 saturated heterocycles. The van der Waals surface area contributed by atoms with E-state index in [1.54, 1.807) is 31.2 Å². The summed E-state index contributed by atoms with van der Waals surface area (Å²) in [6.45, 7) is 4.87. The van der Waals surface area contributed by atoms with E-state index in [4.69, 9.17) is 34.8 Å². The Hall–Kier alpha value is -2.00. The second-order valence-corrected chi connectivity index (χ2v) is 11.1. The van der Waals surface area contributed by atoms with Gasteiger partial charge in [0.05, 0.1) is 22.0 Å². The fraction of sp³-hybridized carbons (Fsp3) is 0.391. The average molecular weight is 549 g/mol. The molecule has 0 aromatic heterocycles. The molecule has 0 aliphatic carbocycles. The molecule has 2 rings (SSSR count). The van der Waals surface area contributed by atoms with Crippen LogP contribution in [-0.4, -0.2) is 50.0 Å². The van der Waals surface area contributed by atoms with Crippen molar-refractivity contribution in [1.29, 1.82) is 0 Å². The van der Waals surface area contributed by atoms with Gasteiger partial charge in [-0.05, 0) is 50.1 Å². The van der Waals surface area contributed by atoms with Gasteiger partial charge in [0.1, 0.15) is 12.6 Å². The minimum atomic E-state index is -3.87. The predicted octanol–water partition coefficient (Wildman–Crippen LogP) is 4.74. The molecule has 34 heavy (non-hydrogen) atoms. The largest absolute Gasteiger partial charge is 0.352 e. The fourth-order valence-electron chi connectivity index (χ4n) is 3.11. The fourth-order valence-corrected chi connectivity index (χ4v) is 4.44.